The van der Waals surface area contributed by atoms with Crippen LogP contribution < -0.4 is 0 Å². The molecule has 0 atom stereocenters. The Morgan fingerprint density at radius 1 is 0.857 bits per heavy atom. The number of hydrogen-bond donors (Lipinski definition) is 0. The Morgan fingerprint density at radius 3 is 2.00 bits per heavy atom. The van der Waals surface area contributed by atoms with E-state index in [4.69, 9.17) is 0 Å². The van der Waals surface area contributed by atoms with Crippen molar-refractivity contribution in [3.8, 4) is 0 Å². The van der Waals surface area contributed by atoms with Gasteiger partial charge in [-0.15, -0.1) is 0 Å². The maximum atomic E-state index is 13.5. The van der Waals surface area contributed by atoms with E-state index in [0.717, 1.165) is 12.8 Å². The topological polar surface area (TPSA) is 41.4 Å². The van der Waals surface area contributed by atoms with Crippen LogP contribution in [-0.2, 0) is 30.4 Å². The highest BCUT2D eigenvalue weighted by atomic mass is 19.4. The molecular formula is C27H29F3N4O. The SMILES string of the molecule is O=C(Cn1nc(C(F)(F)F)c2c1CCCC2)N1CCN(C(c2ccccc2)c2ccccc2)CC1. The lowest BCUT2D eigenvalue weighted by molar-refractivity contribution is -0.142. The number of carbonyl (C=O) groups excluding carboxylic acids is 1. The largest absolute Gasteiger partial charge is 0.435 e. The molecule has 5 rings (SSSR count). The van der Waals surface area contributed by atoms with Crippen molar-refractivity contribution in [3.63, 3.8) is 0 Å². The molecule has 35 heavy (non-hydrogen) atoms. The summed E-state index contributed by atoms with van der Waals surface area (Å²) in [5, 5.41) is 3.85. The lowest BCUT2D eigenvalue weighted by Gasteiger charge is -2.39. The number of halogens is 3. The molecule has 3 aromatic rings. The smallest absolute Gasteiger partial charge is 0.339 e. The second-order valence-corrected chi connectivity index (χ2v) is 9.28. The molecule has 1 saturated heterocycles. The molecule has 0 spiro atoms. The number of benzene rings is 2. The zero-order chi connectivity index (χ0) is 24.4. The summed E-state index contributed by atoms with van der Waals surface area (Å²) in [6, 6.07) is 20.7. The van der Waals surface area contributed by atoms with Gasteiger partial charge in [-0.2, -0.15) is 18.3 Å². The van der Waals surface area contributed by atoms with Crippen LogP contribution in [0.5, 0.6) is 0 Å². The molecule has 2 heterocycles. The molecular weight excluding hydrogens is 453 g/mol. The van der Waals surface area contributed by atoms with E-state index in [-0.39, 0.29) is 24.1 Å². The second-order valence-electron chi connectivity index (χ2n) is 9.28. The van der Waals surface area contributed by atoms with Crippen LogP contribution in [0.25, 0.3) is 0 Å². The van der Waals surface area contributed by atoms with E-state index in [1.54, 1.807) is 4.90 Å². The maximum absolute atomic E-state index is 13.5. The number of fused-ring (bicyclic) bond motifs is 1. The van der Waals surface area contributed by atoms with E-state index in [1.165, 1.54) is 15.8 Å². The summed E-state index contributed by atoms with van der Waals surface area (Å²) < 4.78 is 41.8. The van der Waals surface area contributed by atoms with Gasteiger partial charge in [0.2, 0.25) is 5.91 Å². The first-order chi connectivity index (χ1) is 16.9. The molecule has 2 aliphatic rings. The van der Waals surface area contributed by atoms with Crippen LogP contribution in [0.3, 0.4) is 0 Å². The quantitative estimate of drug-likeness (QED) is 0.529. The first-order valence-corrected chi connectivity index (χ1v) is 12.2. The number of aromatic nitrogens is 2. The van der Waals surface area contributed by atoms with Crippen molar-refractivity contribution in [2.45, 2.75) is 44.4 Å². The van der Waals surface area contributed by atoms with Gasteiger partial charge in [0.15, 0.2) is 5.69 Å². The summed E-state index contributed by atoms with van der Waals surface area (Å²) >= 11 is 0. The Bertz CT molecular complexity index is 1110. The molecule has 0 N–H and O–H groups in total. The fraction of sp³-hybridized carbons (Fsp3) is 0.407. The number of amides is 1. The van der Waals surface area contributed by atoms with E-state index in [0.29, 0.717) is 44.7 Å². The Morgan fingerprint density at radius 2 is 1.43 bits per heavy atom. The number of hydrogen-bond acceptors (Lipinski definition) is 3. The third-order valence-electron chi connectivity index (χ3n) is 7.07. The van der Waals surface area contributed by atoms with Gasteiger partial charge in [0.1, 0.15) is 6.54 Å². The summed E-state index contributed by atoms with van der Waals surface area (Å²) in [4.78, 5) is 17.2. The third-order valence-corrected chi connectivity index (χ3v) is 7.07. The number of rotatable bonds is 5. The molecule has 5 nitrogen and oxygen atoms in total. The predicted octanol–water partition coefficient (Wildman–Crippen LogP) is 4.71. The van der Waals surface area contributed by atoms with Crippen molar-refractivity contribution in [1.29, 1.82) is 0 Å². The molecule has 184 valence electrons. The summed E-state index contributed by atoms with van der Waals surface area (Å²) in [7, 11) is 0. The van der Waals surface area contributed by atoms with Gasteiger partial charge in [0, 0.05) is 37.4 Å². The van der Waals surface area contributed by atoms with Crippen molar-refractivity contribution in [3.05, 3.63) is 88.7 Å². The normalized spacial score (nSPS) is 17.0. The second kappa shape index (κ2) is 9.85. The predicted molar refractivity (Wildman–Crippen MR) is 127 cm³/mol. The lowest BCUT2D eigenvalue weighted by atomic mass is 9.95. The van der Waals surface area contributed by atoms with Gasteiger partial charge in [-0.1, -0.05) is 60.7 Å². The summed E-state index contributed by atoms with van der Waals surface area (Å²) in [6.45, 7) is 2.30. The van der Waals surface area contributed by atoms with Gasteiger partial charge in [-0.05, 0) is 36.8 Å². The fourth-order valence-corrected chi connectivity index (χ4v) is 5.37. The van der Waals surface area contributed by atoms with E-state index >= 15 is 0 Å². The lowest BCUT2D eigenvalue weighted by Crippen LogP contribution is -2.50. The first kappa shape index (κ1) is 23.6. The van der Waals surface area contributed by atoms with E-state index in [1.807, 2.05) is 36.4 Å². The number of nitrogens with zero attached hydrogens (tertiary/aromatic N) is 4. The van der Waals surface area contributed by atoms with Crippen molar-refractivity contribution in [1.82, 2.24) is 19.6 Å². The van der Waals surface area contributed by atoms with Crippen molar-refractivity contribution in [2.75, 3.05) is 26.2 Å². The minimum atomic E-state index is -4.49. The summed E-state index contributed by atoms with van der Waals surface area (Å²) in [6.07, 6.45) is -2.04. The Balaban J connectivity index is 1.29. The van der Waals surface area contributed by atoms with Crippen LogP contribution in [0.1, 0.15) is 47.0 Å². The van der Waals surface area contributed by atoms with Crippen LogP contribution in [0.15, 0.2) is 60.7 Å². The molecule has 0 unspecified atom stereocenters. The number of alkyl halides is 3. The monoisotopic (exact) mass is 482 g/mol. The Hall–Kier alpha value is -3.13. The minimum Gasteiger partial charge on any atom is -0.339 e. The minimum absolute atomic E-state index is 0.0853. The van der Waals surface area contributed by atoms with Crippen molar-refractivity contribution < 1.29 is 18.0 Å². The molecule has 2 aromatic carbocycles. The van der Waals surface area contributed by atoms with Gasteiger partial charge in [0.05, 0.1) is 6.04 Å². The van der Waals surface area contributed by atoms with Gasteiger partial charge in [-0.3, -0.25) is 14.4 Å². The molecule has 1 aliphatic heterocycles. The van der Waals surface area contributed by atoms with Gasteiger partial charge in [0.25, 0.3) is 0 Å². The van der Waals surface area contributed by atoms with Gasteiger partial charge in [-0.25, -0.2) is 0 Å². The summed E-state index contributed by atoms with van der Waals surface area (Å²) in [5.41, 5.74) is 2.42. The van der Waals surface area contributed by atoms with Gasteiger partial charge >= 0.3 is 6.18 Å². The molecule has 1 aromatic heterocycles. The first-order valence-electron chi connectivity index (χ1n) is 12.2. The van der Waals surface area contributed by atoms with Crippen LogP contribution in [0.2, 0.25) is 0 Å². The van der Waals surface area contributed by atoms with Gasteiger partial charge < -0.3 is 4.90 Å². The standard InChI is InChI=1S/C27H29F3N4O/c28-27(29,30)26-22-13-7-8-14-23(22)34(31-26)19-24(35)32-15-17-33(18-16-32)25(20-9-3-1-4-10-20)21-11-5-2-6-12-21/h1-6,9-12,25H,7-8,13-19H2. The van der Waals surface area contributed by atoms with Crippen LogP contribution in [0.4, 0.5) is 13.2 Å². The number of carbonyl (C=O) groups is 1. The molecule has 1 amide bonds. The highest BCUT2D eigenvalue weighted by Crippen LogP contribution is 2.36. The highest BCUT2D eigenvalue weighted by Gasteiger charge is 2.40. The summed E-state index contributed by atoms with van der Waals surface area (Å²) in [5.74, 6) is -0.176. The van der Waals surface area contributed by atoms with E-state index in [9.17, 15) is 18.0 Å². The molecule has 1 fully saturated rings. The van der Waals surface area contributed by atoms with E-state index in [2.05, 4.69) is 34.3 Å². The van der Waals surface area contributed by atoms with Crippen LogP contribution in [-0.4, -0.2) is 51.7 Å². The van der Waals surface area contributed by atoms with Crippen LogP contribution >= 0.6 is 0 Å². The maximum Gasteiger partial charge on any atom is 0.435 e. The Kier molecular flexibility index (Phi) is 6.65. The fourth-order valence-electron chi connectivity index (χ4n) is 5.37. The number of piperazine rings is 1. The molecule has 0 saturated carbocycles. The molecule has 1 aliphatic carbocycles. The van der Waals surface area contributed by atoms with Crippen molar-refractivity contribution in [2.24, 2.45) is 0 Å². The average Bonchev–Trinajstić information content (AvgIpc) is 3.25. The van der Waals surface area contributed by atoms with Crippen LogP contribution in [0, 0.1) is 0 Å². The zero-order valence-electron chi connectivity index (χ0n) is 19.5. The average molecular weight is 483 g/mol. The highest BCUT2D eigenvalue weighted by molar-refractivity contribution is 5.76. The Labute approximate surface area is 203 Å². The molecule has 0 radical (unpaired) electrons. The third kappa shape index (κ3) is 4.98. The molecule has 8 heteroatoms. The van der Waals surface area contributed by atoms with E-state index < -0.39 is 11.9 Å². The van der Waals surface area contributed by atoms with Crippen molar-refractivity contribution >= 4 is 5.91 Å². The zero-order valence-corrected chi connectivity index (χ0v) is 19.5. The molecule has 0 bridgehead atoms.